The average molecular weight is 333 g/mol. The zero-order valence-electron chi connectivity index (χ0n) is 8.27. The van der Waals surface area contributed by atoms with Crippen molar-refractivity contribution in [3.05, 3.63) is 41.3 Å². The first-order valence-electron chi connectivity index (χ1n) is 4.46. The number of halogens is 2. The fourth-order valence-electron chi connectivity index (χ4n) is 0.929. The van der Waals surface area contributed by atoms with Gasteiger partial charge in [-0.1, -0.05) is 28.9 Å². The van der Waals surface area contributed by atoms with Gasteiger partial charge in [-0.2, -0.15) is 5.10 Å². The number of nitrogens with zero attached hydrogens (tertiary/aromatic N) is 3. The zero-order valence-corrected chi connectivity index (χ0v) is 11.4. The molecule has 80 valence electrons. The van der Waals surface area contributed by atoms with E-state index in [0.29, 0.717) is 0 Å². The summed E-state index contributed by atoms with van der Waals surface area (Å²) in [6.07, 6.45) is 3.58. The Kier molecular flexibility index (Phi) is 5.57. The SMILES string of the molecule is Brc1cccc(-n2cccn2)n1.CCBr. The standard InChI is InChI=1S/C8H6BrN3.C2H5Br/c9-7-3-1-4-8(11-7)12-6-2-5-10-12;1-2-3/h1-6H;2H2,1H3. The third-order valence-electron chi connectivity index (χ3n) is 1.44. The third-order valence-corrected chi connectivity index (χ3v) is 1.88. The molecule has 0 aromatic carbocycles. The summed E-state index contributed by atoms with van der Waals surface area (Å²) in [7, 11) is 0. The van der Waals surface area contributed by atoms with Crippen LogP contribution in [0.5, 0.6) is 0 Å². The third kappa shape index (κ3) is 4.13. The highest BCUT2D eigenvalue weighted by molar-refractivity contribution is 9.10. The minimum atomic E-state index is 0.814. The van der Waals surface area contributed by atoms with Crippen LogP contribution in [0.1, 0.15) is 6.92 Å². The Morgan fingerprint density at radius 2 is 2.07 bits per heavy atom. The van der Waals surface area contributed by atoms with Crippen LogP contribution in [0.3, 0.4) is 0 Å². The van der Waals surface area contributed by atoms with E-state index in [1.54, 1.807) is 10.9 Å². The minimum Gasteiger partial charge on any atom is -0.223 e. The molecule has 0 radical (unpaired) electrons. The molecule has 0 aliphatic heterocycles. The topological polar surface area (TPSA) is 30.7 Å². The van der Waals surface area contributed by atoms with E-state index in [9.17, 15) is 0 Å². The van der Waals surface area contributed by atoms with Crippen LogP contribution in [0.25, 0.3) is 5.82 Å². The molecule has 2 aromatic rings. The van der Waals surface area contributed by atoms with Gasteiger partial charge in [0.15, 0.2) is 5.82 Å². The van der Waals surface area contributed by atoms with Crippen molar-refractivity contribution < 1.29 is 0 Å². The van der Waals surface area contributed by atoms with Gasteiger partial charge >= 0.3 is 0 Å². The van der Waals surface area contributed by atoms with E-state index in [-0.39, 0.29) is 0 Å². The van der Waals surface area contributed by atoms with Crippen molar-refractivity contribution in [2.24, 2.45) is 0 Å². The number of pyridine rings is 1. The van der Waals surface area contributed by atoms with Gasteiger partial charge in [-0.05, 0) is 34.1 Å². The van der Waals surface area contributed by atoms with E-state index in [1.165, 1.54) is 0 Å². The smallest absolute Gasteiger partial charge is 0.154 e. The molecule has 2 rings (SSSR count). The molecule has 15 heavy (non-hydrogen) atoms. The Morgan fingerprint density at radius 3 is 2.60 bits per heavy atom. The molecule has 2 aromatic heterocycles. The largest absolute Gasteiger partial charge is 0.223 e. The Bertz CT molecular complexity index is 387. The highest BCUT2D eigenvalue weighted by Crippen LogP contribution is 2.08. The molecule has 0 saturated heterocycles. The number of alkyl halides is 1. The highest BCUT2D eigenvalue weighted by atomic mass is 79.9. The van der Waals surface area contributed by atoms with Gasteiger partial charge in [0.05, 0.1) is 0 Å². The molecule has 0 N–H and O–H groups in total. The first-order chi connectivity index (χ1) is 7.27. The Labute approximate surface area is 106 Å². The van der Waals surface area contributed by atoms with Gasteiger partial charge in [-0.25, -0.2) is 9.67 Å². The molecule has 0 aliphatic carbocycles. The maximum atomic E-state index is 4.23. The van der Waals surface area contributed by atoms with Crippen molar-refractivity contribution in [3.63, 3.8) is 0 Å². The summed E-state index contributed by atoms with van der Waals surface area (Å²) in [5, 5.41) is 5.12. The van der Waals surface area contributed by atoms with Gasteiger partial charge in [0.1, 0.15) is 4.60 Å². The lowest BCUT2D eigenvalue weighted by Gasteiger charge is -1.98. The summed E-state index contributed by atoms with van der Waals surface area (Å²) >= 11 is 6.44. The normalized spacial score (nSPS) is 9.27. The van der Waals surface area contributed by atoms with Crippen LogP contribution in [0.15, 0.2) is 41.3 Å². The van der Waals surface area contributed by atoms with Crippen LogP contribution in [0.4, 0.5) is 0 Å². The van der Waals surface area contributed by atoms with Crippen LogP contribution in [-0.2, 0) is 0 Å². The molecule has 0 fully saturated rings. The first kappa shape index (κ1) is 12.4. The van der Waals surface area contributed by atoms with Crippen molar-refractivity contribution in [1.82, 2.24) is 14.8 Å². The molecule has 0 aliphatic rings. The molecule has 0 atom stereocenters. The molecule has 0 spiro atoms. The minimum absolute atomic E-state index is 0.814. The lowest BCUT2D eigenvalue weighted by molar-refractivity contribution is 0.843. The molecule has 0 amide bonds. The maximum absolute atomic E-state index is 4.23. The second kappa shape index (κ2) is 6.74. The van der Waals surface area contributed by atoms with Crippen LogP contribution in [0.2, 0.25) is 0 Å². The Hall–Kier alpha value is -0.680. The summed E-state index contributed by atoms with van der Waals surface area (Å²) in [6.45, 7) is 2.04. The van der Waals surface area contributed by atoms with Crippen LogP contribution in [-0.4, -0.2) is 20.1 Å². The number of aromatic nitrogens is 3. The monoisotopic (exact) mass is 331 g/mol. The molecule has 3 nitrogen and oxygen atoms in total. The lowest BCUT2D eigenvalue weighted by atomic mass is 10.5. The quantitative estimate of drug-likeness (QED) is 0.591. The van der Waals surface area contributed by atoms with Crippen molar-refractivity contribution in [1.29, 1.82) is 0 Å². The van der Waals surface area contributed by atoms with Gasteiger partial charge < -0.3 is 0 Å². The van der Waals surface area contributed by atoms with E-state index in [2.05, 4.69) is 41.9 Å². The van der Waals surface area contributed by atoms with Gasteiger partial charge in [-0.15, -0.1) is 0 Å². The first-order valence-corrected chi connectivity index (χ1v) is 6.38. The van der Waals surface area contributed by atoms with Crippen molar-refractivity contribution in [2.75, 3.05) is 5.33 Å². The Balaban J connectivity index is 0.000000337. The summed E-state index contributed by atoms with van der Waals surface area (Å²) in [4.78, 5) is 4.23. The molecule has 0 unspecified atom stereocenters. The lowest BCUT2D eigenvalue weighted by Crippen LogP contribution is -1.96. The molecule has 5 heteroatoms. The predicted octanol–water partition coefficient (Wildman–Crippen LogP) is 3.43. The van der Waals surface area contributed by atoms with Gasteiger partial charge in [0, 0.05) is 17.7 Å². The summed E-state index contributed by atoms with van der Waals surface area (Å²) in [5.41, 5.74) is 0. The molecular formula is C10H11Br2N3. The van der Waals surface area contributed by atoms with Gasteiger partial charge in [0.25, 0.3) is 0 Å². The number of hydrogen-bond donors (Lipinski definition) is 0. The average Bonchev–Trinajstić information content (AvgIpc) is 2.71. The second-order valence-electron chi connectivity index (χ2n) is 2.54. The van der Waals surface area contributed by atoms with Crippen molar-refractivity contribution in [3.8, 4) is 5.82 Å². The molecule has 2 heterocycles. The van der Waals surface area contributed by atoms with Gasteiger partial charge in [0.2, 0.25) is 0 Å². The summed E-state index contributed by atoms with van der Waals surface area (Å²) in [5.74, 6) is 0.814. The molecular weight excluding hydrogens is 322 g/mol. The number of hydrogen-bond acceptors (Lipinski definition) is 2. The van der Waals surface area contributed by atoms with Crippen LogP contribution >= 0.6 is 31.9 Å². The van der Waals surface area contributed by atoms with E-state index >= 15 is 0 Å². The Morgan fingerprint density at radius 1 is 1.33 bits per heavy atom. The van der Waals surface area contributed by atoms with E-state index in [1.807, 2.05) is 37.4 Å². The number of rotatable bonds is 1. The fourth-order valence-corrected chi connectivity index (χ4v) is 1.26. The fraction of sp³-hybridized carbons (Fsp3) is 0.200. The van der Waals surface area contributed by atoms with Crippen molar-refractivity contribution in [2.45, 2.75) is 6.92 Å². The molecule has 0 bridgehead atoms. The van der Waals surface area contributed by atoms with E-state index in [0.717, 1.165) is 15.8 Å². The van der Waals surface area contributed by atoms with E-state index in [4.69, 9.17) is 0 Å². The highest BCUT2D eigenvalue weighted by Gasteiger charge is 1.96. The summed E-state index contributed by atoms with van der Waals surface area (Å²) < 4.78 is 2.53. The van der Waals surface area contributed by atoms with Gasteiger partial charge in [-0.3, -0.25) is 0 Å². The van der Waals surface area contributed by atoms with Crippen molar-refractivity contribution >= 4 is 31.9 Å². The predicted molar refractivity (Wildman–Crippen MR) is 68.5 cm³/mol. The summed E-state index contributed by atoms with van der Waals surface area (Å²) in [6, 6.07) is 7.57. The molecule has 0 saturated carbocycles. The zero-order chi connectivity index (χ0) is 11.1. The second-order valence-corrected chi connectivity index (χ2v) is 4.47. The van der Waals surface area contributed by atoms with E-state index < -0.39 is 0 Å². The van der Waals surface area contributed by atoms with Crippen LogP contribution in [0, 0.1) is 0 Å². The van der Waals surface area contributed by atoms with Crippen LogP contribution < -0.4 is 0 Å². The maximum Gasteiger partial charge on any atom is 0.154 e.